The Labute approximate surface area is 126 Å². The van der Waals surface area contributed by atoms with E-state index in [-0.39, 0.29) is 12.0 Å². The first kappa shape index (κ1) is 14.4. The molecule has 1 aromatic rings. The van der Waals surface area contributed by atoms with Gasteiger partial charge in [-0.2, -0.15) is 0 Å². The molecule has 21 heavy (non-hydrogen) atoms. The number of carbonyl (C=O) groups is 1. The van der Waals surface area contributed by atoms with Crippen molar-refractivity contribution in [3.8, 4) is 0 Å². The second-order valence-corrected chi connectivity index (χ2v) is 6.02. The van der Waals surface area contributed by atoms with E-state index in [0.717, 1.165) is 25.9 Å². The van der Waals surface area contributed by atoms with Crippen LogP contribution in [0.1, 0.15) is 31.2 Å². The summed E-state index contributed by atoms with van der Waals surface area (Å²) >= 11 is 0. The van der Waals surface area contributed by atoms with Gasteiger partial charge in [0.25, 0.3) is 5.91 Å². The number of anilines is 1. The largest absolute Gasteiger partial charge is 0.371 e. The molecule has 3 rings (SSSR count). The molecule has 2 saturated heterocycles. The normalized spacial score (nSPS) is 21.8. The van der Waals surface area contributed by atoms with Crippen LogP contribution in [0.4, 0.5) is 5.69 Å². The zero-order valence-corrected chi connectivity index (χ0v) is 12.8. The van der Waals surface area contributed by atoms with Crippen LogP contribution in [0, 0.1) is 0 Å². The summed E-state index contributed by atoms with van der Waals surface area (Å²) in [6.45, 7) is 3.63. The van der Waals surface area contributed by atoms with Gasteiger partial charge in [-0.3, -0.25) is 4.79 Å². The number of ether oxygens (including phenoxy) is 1. The molecule has 4 nitrogen and oxygen atoms in total. The second kappa shape index (κ2) is 6.48. The standard InChI is InChI=1S/C17H24N2O2/c1-18(17(20)16-9-6-12-21-16)13-14-7-2-3-8-15(14)19-10-4-5-11-19/h2-3,7-8,16H,4-6,9-13H2,1H3. The molecule has 0 bridgehead atoms. The minimum absolute atomic E-state index is 0.115. The van der Waals surface area contributed by atoms with Crippen LogP contribution in [0.25, 0.3) is 0 Å². The number of likely N-dealkylation sites (N-methyl/N-ethyl adjacent to an activating group) is 1. The number of hydrogen-bond acceptors (Lipinski definition) is 3. The zero-order chi connectivity index (χ0) is 14.7. The number of carbonyl (C=O) groups excluding carboxylic acids is 1. The molecule has 0 aromatic heterocycles. The maximum Gasteiger partial charge on any atom is 0.251 e. The molecular weight excluding hydrogens is 264 g/mol. The molecule has 1 aromatic carbocycles. The number of para-hydroxylation sites is 1. The highest BCUT2D eigenvalue weighted by Gasteiger charge is 2.27. The predicted octanol–water partition coefficient (Wildman–Crippen LogP) is 2.42. The van der Waals surface area contributed by atoms with E-state index in [0.29, 0.717) is 13.2 Å². The molecular formula is C17H24N2O2. The summed E-state index contributed by atoms with van der Waals surface area (Å²) in [6.07, 6.45) is 4.15. The summed E-state index contributed by atoms with van der Waals surface area (Å²) in [5.74, 6) is 0.115. The molecule has 0 saturated carbocycles. The fourth-order valence-electron chi connectivity index (χ4n) is 3.26. The molecule has 114 valence electrons. The van der Waals surface area contributed by atoms with Crippen LogP contribution in [0.3, 0.4) is 0 Å². The van der Waals surface area contributed by atoms with Gasteiger partial charge in [-0.25, -0.2) is 0 Å². The van der Waals surface area contributed by atoms with E-state index in [1.54, 1.807) is 0 Å². The molecule has 2 heterocycles. The van der Waals surface area contributed by atoms with Crippen LogP contribution in [0.15, 0.2) is 24.3 Å². The van der Waals surface area contributed by atoms with Gasteiger partial charge in [-0.05, 0) is 37.3 Å². The molecule has 1 amide bonds. The highest BCUT2D eigenvalue weighted by atomic mass is 16.5. The molecule has 2 fully saturated rings. The maximum absolute atomic E-state index is 12.4. The Balaban J connectivity index is 1.70. The van der Waals surface area contributed by atoms with Crippen molar-refractivity contribution < 1.29 is 9.53 Å². The van der Waals surface area contributed by atoms with Crippen LogP contribution < -0.4 is 4.90 Å². The van der Waals surface area contributed by atoms with Gasteiger partial charge >= 0.3 is 0 Å². The number of benzene rings is 1. The third-order valence-electron chi connectivity index (χ3n) is 4.43. The third kappa shape index (κ3) is 3.21. The van der Waals surface area contributed by atoms with Crippen LogP contribution in [-0.2, 0) is 16.1 Å². The average Bonchev–Trinajstić information content (AvgIpc) is 3.20. The monoisotopic (exact) mass is 288 g/mol. The lowest BCUT2D eigenvalue weighted by Crippen LogP contribution is -2.36. The topological polar surface area (TPSA) is 32.8 Å². The smallest absolute Gasteiger partial charge is 0.251 e. The number of nitrogens with zero attached hydrogens (tertiary/aromatic N) is 2. The van der Waals surface area contributed by atoms with Gasteiger partial charge in [0.15, 0.2) is 0 Å². The Kier molecular flexibility index (Phi) is 4.44. The van der Waals surface area contributed by atoms with Crippen LogP contribution in [0.5, 0.6) is 0 Å². The molecule has 0 aliphatic carbocycles. The number of amides is 1. The SMILES string of the molecule is CN(Cc1ccccc1N1CCCC1)C(=O)C1CCCO1. The van der Waals surface area contributed by atoms with Crippen molar-refractivity contribution in [2.24, 2.45) is 0 Å². The van der Waals surface area contributed by atoms with E-state index < -0.39 is 0 Å². The van der Waals surface area contributed by atoms with E-state index in [2.05, 4.69) is 29.2 Å². The molecule has 0 radical (unpaired) electrons. The van der Waals surface area contributed by atoms with Crippen molar-refractivity contribution in [1.82, 2.24) is 4.90 Å². The molecule has 4 heteroatoms. The van der Waals surface area contributed by atoms with Crippen molar-refractivity contribution in [3.05, 3.63) is 29.8 Å². The minimum atomic E-state index is -0.228. The van der Waals surface area contributed by atoms with E-state index in [9.17, 15) is 4.79 Å². The molecule has 2 aliphatic rings. The lowest BCUT2D eigenvalue weighted by molar-refractivity contribution is -0.140. The lowest BCUT2D eigenvalue weighted by Gasteiger charge is -2.25. The fraction of sp³-hybridized carbons (Fsp3) is 0.588. The summed E-state index contributed by atoms with van der Waals surface area (Å²) in [5, 5.41) is 0. The summed E-state index contributed by atoms with van der Waals surface area (Å²) in [6, 6.07) is 8.44. The van der Waals surface area contributed by atoms with E-state index in [1.165, 1.54) is 24.1 Å². The van der Waals surface area contributed by atoms with Crippen LogP contribution in [0.2, 0.25) is 0 Å². The lowest BCUT2D eigenvalue weighted by atomic mass is 10.1. The summed E-state index contributed by atoms with van der Waals surface area (Å²) < 4.78 is 5.50. The highest BCUT2D eigenvalue weighted by molar-refractivity contribution is 5.81. The first-order chi connectivity index (χ1) is 10.3. The molecule has 0 N–H and O–H groups in total. The Bertz CT molecular complexity index is 491. The summed E-state index contributed by atoms with van der Waals surface area (Å²) in [7, 11) is 1.88. The van der Waals surface area contributed by atoms with Crippen LogP contribution >= 0.6 is 0 Å². The van der Waals surface area contributed by atoms with Crippen molar-refractivity contribution in [2.45, 2.75) is 38.3 Å². The van der Waals surface area contributed by atoms with Crippen LogP contribution in [-0.4, -0.2) is 43.7 Å². The fourth-order valence-corrected chi connectivity index (χ4v) is 3.26. The van der Waals surface area contributed by atoms with Crippen molar-refractivity contribution in [1.29, 1.82) is 0 Å². The Morgan fingerprint density at radius 1 is 1.29 bits per heavy atom. The van der Waals surface area contributed by atoms with Gasteiger partial charge in [-0.1, -0.05) is 18.2 Å². The maximum atomic E-state index is 12.4. The van der Waals surface area contributed by atoms with Gasteiger partial charge in [0, 0.05) is 39.0 Å². The zero-order valence-electron chi connectivity index (χ0n) is 12.8. The first-order valence-electron chi connectivity index (χ1n) is 7.95. The van der Waals surface area contributed by atoms with Gasteiger partial charge in [0.2, 0.25) is 0 Å². The Morgan fingerprint density at radius 3 is 2.76 bits per heavy atom. The van der Waals surface area contributed by atoms with E-state index in [1.807, 2.05) is 11.9 Å². The second-order valence-electron chi connectivity index (χ2n) is 6.02. The van der Waals surface area contributed by atoms with Gasteiger partial charge in [0.1, 0.15) is 6.10 Å². The Hall–Kier alpha value is -1.55. The van der Waals surface area contributed by atoms with Gasteiger partial charge in [-0.15, -0.1) is 0 Å². The van der Waals surface area contributed by atoms with E-state index in [4.69, 9.17) is 4.74 Å². The van der Waals surface area contributed by atoms with Crippen molar-refractivity contribution in [3.63, 3.8) is 0 Å². The third-order valence-corrected chi connectivity index (χ3v) is 4.43. The molecule has 1 unspecified atom stereocenters. The number of rotatable bonds is 4. The number of hydrogen-bond donors (Lipinski definition) is 0. The minimum Gasteiger partial charge on any atom is -0.371 e. The molecule has 0 spiro atoms. The molecule has 1 atom stereocenters. The molecule has 2 aliphatic heterocycles. The van der Waals surface area contributed by atoms with Gasteiger partial charge < -0.3 is 14.5 Å². The quantitative estimate of drug-likeness (QED) is 0.853. The summed E-state index contributed by atoms with van der Waals surface area (Å²) in [5.41, 5.74) is 2.51. The predicted molar refractivity (Wildman–Crippen MR) is 83.3 cm³/mol. The average molecular weight is 288 g/mol. The first-order valence-corrected chi connectivity index (χ1v) is 7.95. The van der Waals surface area contributed by atoms with Crippen molar-refractivity contribution >= 4 is 11.6 Å². The van der Waals surface area contributed by atoms with Crippen molar-refractivity contribution in [2.75, 3.05) is 31.6 Å². The van der Waals surface area contributed by atoms with Gasteiger partial charge in [0.05, 0.1) is 0 Å². The summed E-state index contributed by atoms with van der Waals surface area (Å²) in [4.78, 5) is 16.6. The highest BCUT2D eigenvalue weighted by Crippen LogP contribution is 2.26. The Morgan fingerprint density at radius 2 is 2.05 bits per heavy atom. The van der Waals surface area contributed by atoms with E-state index >= 15 is 0 Å².